The lowest BCUT2D eigenvalue weighted by atomic mass is 10.3. The van der Waals surface area contributed by atoms with E-state index in [0.29, 0.717) is 6.07 Å². The fraction of sp³-hybridized carbons (Fsp3) is 0.400. The molecule has 0 aliphatic carbocycles. The molecule has 2 aromatic carbocycles. The number of benzene rings is 2. The molecular weight excluding hydrogens is 499 g/mol. The van der Waals surface area contributed by atoms with Gasteiger partial charge in [-0.15, -0.1) is 0 Å². The Morgan fingerprint density at radius 3 is 1.59 bits per heavy atom. The third-order valence-corrected chi connectivity index (χ3v) is 3.67. The lowest BCUT2D eigenvalue weighted by Crippen LogP contribution is -1.98. The Hall–Kier alpha value is -0.790. The second kappa shape index (κ2) is 25.2. The number of ether oxygens (including phenoxy) is 3. The predicted molar refractivity (Wildman–Crippen MR) is 123 cm³/mol. The van der Waals surface area contributed by atoms with Crippen molar-refractivity contribution >= 4 is 43.5 Å². The van der Waals surface area contributed by atoms with Crippen LogP contribution in [0, 0.1) is 0 Å². The molecule has 1 N–H and O–H groups in total. The predicted octanol–water partition coefficient (Wildman–Crippen LogP) is 7.47. The number of phenols is 1. The smallest absolute Gasteiger partial charge is 0.188 e. The Kier molecular flexibility index (Phi) is 28.9. The molecule has 0 bridgehead atoms. The summed E-state index contributed by atoms with van der Waals surface area (Å²) in [6.07, 6.45) is 0. The van der Waals surface area contributed by atoms with E-state index < -0.39 is 0 Å². The third-order valence-electron chi connectivity index (χ3n) is 2.13. The van der Waals surface area contributed by atoms with Crippen LogP contribution in [0.2, 0.25) is 0 Å². The van der Waals surface area contributed by atoms with Crippen molar-refractivity contribution in [1.29, 1.82) is 0 Å². The van der Waals surface area contributed by atoms with Crippen molar-refractivity contribution in [3.05, 3.63) is 57.5 Å². The summed E-state index contributed by atoms with van der Waals surface area (Å²) in [5.41, 5.74) is 0. The van der Waals surface area contributed by atoms with Gasteiger partial charge in [-0.3, -0.25) is 0 Å². The minimum atomic E-state index is 0.280. The van der Waals surface area contributed by atoms with E-state index in [-0.39, 0.29) is 12.5 Å². The molecule has 0 fully saturated rings. The summed E-state index contributed by atoms with van der Waals surface area (Å²) in [4.78, 5) is 0. The lowest BCUT2D eigenvalue weighted by Gasteiger charge is -2.05. The number of aromatic hydroxyl groups is 1. The van der Waals surface area contributed by atoms with Crippen LogP contribution in [-0.2, 0) is 9.47 Å². The molecular formula is C20H31Br2ClO4. The Balaban J connectivity index is -0.000000317. The normalized spacial score (nSPS) is 8.19. The zero-order valence-corrected chi connectivity index (χ0v) is 20.8. The monoisotopic (exact) mass is 528 g/mol. The molecule has 0 amide bonds. The maximum atomic E-state index is 8.87. The number of hydrogen-bond acceptors (Lipinski definition) is 4. The van der Waals surface area contributed by atoms with Crippen LogP contribution in [0.1, 0.15) is 27.7 Å². The third kappa shape index (κ3) is 19.8. The Labute approximate surface area is 186 Å². The molecule has 0 atom stereocenters. The second-order valence-electron chi connectivity index (χ2n) is 3.83. The van der Waals surface area contributed by atoms with Crippen LogP contribution in [0.4, 0.5) is 0 Å². The molecule has 0 spiro atoms. The molecule has 0 saturated carbocycles. The van der Waals surface area contributed by atoms with E-state index in [1.807, 2.05) is 58.0 Å². The zero-order chi connectivity index (χ0) is 21.5. The van der Waals surface area contributed by atoms with Gasteiger partial charge < -0.3 is 19.3 Å². The second-order valence-corrected chi connectivity index (χ2v) is 5.76. The first-order valence-corrected chi connectivity index (χ1v) is 10.5. The van der Waals surface area contributed by atoms with Crippen molar-refractivity contribution in [2.75, 3.05) is 27.1 Å². The number of halogens is 3. The topological polar surface area (TPSA) is 47.9 Å². The maximum absolute atomic E-state index is 8.87. The maximum Gasteiger partial charge on any atom is 0.188 e. The van der Waals surface area contributed by atoms with Crippen LogP contribution in [0.15, 0.2) is 57.5 Å². The Morgan fingerprint density at radius 1 is 0.815 bits per heavy atom. The standard InChI is InChI=1S/C8H9BrO2.C6H5BrO.C2H5ClO.2C2H6/c1-10-6-11-8-5-3-2-4-7(8)9;7-5-3-1-2-4-6(5)8;1-4-2-3;2*1-2/h2-5H,6H2,1H3;1-4,8H;2H2,1H3;2*1-2H3. The molecule has 0 radical (unpaired) electrons. The highest BCUT2D eigenvalue weighted by atomic mass is 79.9. The highest BCUT2D eigenvalue weighted by Gasteiger charge is 1.96. The van der Waals surface area contributed by atoms with Gasteiger partial charge in [0, 0.05) is 14.2 Å². The fourth-order valence-electron chi connectivity index (χ4n) is 1.14. The van der Waals surface area contributed by atoms with Crippen LogP contribution in [0.5, 0.6) is 11.5 Å². The Bertz CT molecular complexity index is 520. The van der Waals surface area contributed by atoms with Crippen LogP contribution in [0.3, 0.4) is 0 Å². The largest absolute Gasteiger partial charge is 0.507 e. The molecule has 2 aromatic rings. The van der Waals surface area contributed by atoms with Gasteiger partial charge in [0.1, 0.15) is 17.6 Å². The van der Waals surface area contributed by atoms with Gasteiger partial charge in [0.15, 0.2) is 6.79 Å². The SMILES string of the molecule is CC.CC.COCCl.COCOc1ccccc1Br.Oc1ccccc1Br. The Morgan fingerprint density at radius 2 is 1.26 bits per heavy atom. The van der Waals surface area contributed by atoms with Gasteiger partial charge in [-0.25, -0.2) is 0 Å². The number of rotatable bonds is 4. The molecule has 0 heterocycles. The average molecular weight is 531 g/mol. The van der Waals surface area contributed by atoms with E-state index in [9.17, 15) is 0 Å². The summed E-state index contributed by atoms with van der Waals surface area (Å²) in [5.74, 6) is 1.09. The molecule has 0 saturated heterocycles. The summed E-state index contributed by atoms with van der Waals surface area (Å²) in [6.45, 7) is 8.28. The summed E-state index contributed by atoms with van der Waals surface area (Å²) < 4.78 is 16.0. The molecule has 7 heteroatoms. The average Bonchev–Trinajstić information content (AvgIpc) is 2.73. The van der Waals surface area contributed by atoms with Gasteiger partial charge in [-0.2, -0.15) is 0 Å². The first kappa shape index (κ1) is 30.9. The van der Waals surface area contributed by atoms with Crippen molar-refractivity contribution in [3.8, 4) is 11.5 Å². The summed E-state index contributed by atoms with van der Waals surface area (Å²) >= 11 is 11.5. The van der Waals surface area contributed by atoms with Gasteiger partial charge in [0.05, 0.1) is 8.95 Å². The van der Waals surface area contributed by atoms with Crippen molar-refractivity contribution in [1.82, 2.24) is 0 Å². The minimum Gasteiger partial charge on any atom is -0.507 e. The van der Waals surface area contributed by atoms with Gasteiger partial charge in [0.2, 0.25) is 0 Å². The van der Waals surface area contributed by atoms with E-state index in [4.69, 9.17) is 26.2 Å². The van der Waals surface area contributed by atoms with Gasteiger partial charge in [-0.05, 0) is 56.1 Å². The summed E-state index contributed by atoms with van der Waals surface area (Å²) in [6, 6.07) is 15.0. The van der Waals surface area contributed by atoms with Crippen LogP contribution < -0.4 is 4.74 Å². The fourth-order valence-corrected chi connectivity index (χ4v) is 1.82. The van der Waals surface area contributed by atoms with Crippen molar-refractivity contribution in [2.45, 2.75) is 27.7 Å². The molecule has 0 unspecified atom stereocenters. The van der Waals surface area contributed by atoms with Gasteiger partial charge in [0.25, 0.3) is 0 Å². The molecule has 2 rings (SSSR count). The van der Waals surface area contributed by atoms with E-state index >= 15 is 0 Å². The van der Waals surface area contributed by atoms with Gasteiger partial charge in [-0.1, -0.05) is 63.6 Å². The molecule has 0 aromatic heterocycles. The van der Waals surface area contributed by atoms with Crippen molar-refractivity contribution < 1.29 is 19.3 Å². The number of para-hydroxylation sites is 2. The number of phenolic OH excluding ortho intramolecular Hbond substituents is 1. The number of methoxy groups -OCH3 is 2. The van der Waals surface area contributed by atoms with Crippen LogP contribution in [-0.4, -0.2) is 32.2 Å². The minimum absolute atomic E-state index is 0.280. The summed E-state index contributed by atoms with van der Waals surface area (Å²) in [5, 5.41) is 8.87. The molecule has 0 aliphatic heterocycles. The first-order chi connectivity index (χ1) is 13.1. The van der Waals surface area contributed by atoms with E-state index in [2.05, 4.69) is 36.6 Å². The van der Waals surface area contributed by atoms with Crippen LogP contribution >= 0.6 is 43.5 Å². The quantitative estimate of drug-likeness (QED) is 0.329. The van der Waals surface area contributed by atoms with Crippen molar-refractivity contribution in [3.63, 3.8) is 0 Å². The molecule has 156 valence electrons. The van der Waals surface area contributed by atoms with E-state index in [1.54, 1.807) is 32.4 Å². The van der Waals surface area contributed by atoms with Crippen molar-refractivity contribution in [2.24, 2.45) is 0 Å². The van der Waals surface area contributed by atoms with Crippen LogP contribution in [0.25, 0.3) is 0 Å². The highest BCUT2D eigenvalue weighted by molar-refractivity contribution is 9.10. The number of hydrogen-bond donors (Lipinski definition) is 1. The molecule has 27 heavy (non-hydrogen) atoms. The number of alkyl halides is 1. The molecule has 4 nitrogen and oxygen atoms in total. The van der Waals surface area contributed by atoms with E-state index in [0.717, 1.165) is 14.7 Å². The van der Waals surface area contributed by atoms with Gasteiger partial charge >= 0.3 is 0 Å². The lowest BCUT2D eigenvalue weighted by molar-refractivity contribution is 0.0506. The van der Waals surface area contributed by atoms with E-state index in [1.165, 1.54) is 0 Å². The zero-order valence-electron chi connectivity index (χ0n) is 16.8. The highest BCUT2D eigenvalue weighted by Crippen LogP contribution is 2.23. The molecule has 0 aliphatic rings. The summed E-state index contributed by atoms with van der Waals surface area (Å²) in [7, 11) is 3.14. The first-order valence-electron chi connectivity index (χ1n) is 8.41.